The molecule has 1 rings (SSSR count). The van der Waals surface area contributed by atoms with Crippen LogP contribution in [0.25, 0.3) is 0 Å². The van der Waals surface area contributed by atoms with Crippen molar-refractivity contribution >= 4 is 23.5 Å². The van der Waals surface area contributed by atoms with Crippen molar-refractivity contribution in [3.63, 3.8) is 0 Å². The van der Waals surface area contributed by atoms with Crippen molar-refractivity contribution in [1.29, 1.82) is 0 Å². The first-order chi connectivity index (χ1) is 8.58. The molecule has 1 aliphatic heterocycles. The Bertz CT molecular complexity index is 341. The average molecular weight is 275 g/mol. The molecular weight excluding hydrogens is 256 g/mol. The number of methoxy groups -OCH3 is 1. The molecule has 0 spiro atoms. The van der Waals surface area contributed by atoms with E-state index >= 15 is 0 Å². The van der Waals surface area contributed by atoms with Crippen LogP contribution >= 0.6 is 11.6 Å². The summed E-state index contributed by atoms with van der Waals surface area (Å²) in [6.07, 6.45) is 4.25. The van der Waals surface area contributed by atoms with Crippen LogP contribution in [0.5, 0.6) is 0 Å². The Labute approximate surface area is 112 Å². The largest absolute Gasteiger partial charge is 0.466 e. The highest BCUT2D eigenvalue weighted by Crippen LogP contribution is 2.27. The second-order valence-electron chi connectivity index (χ2n) is 4.35. The molecule has 0 N–H and O–H groups in total. The van der Waals surface area contributed by atoms with E-state index in [1.807, 2.05) is 0 Å². The monoisotopic (exact) mass is 274 g/mol. The molecule has 1 heterocycles. The molecule has 1 saturated heterocycles. The summed E-state index contributed by atoms with van der Waals surface area (Å²) in [6, 6.07) is 0. The highest BCUT2D eigenvalue weighted by molar-refractivity contribution is 6.31. The molecule has 0 saturated carbocycles. The van der Waals surface area contributed by atoms with Gasteiger partial charge in [0, 0.05) is 11.5 Å². The highest BCUT2D eigenvalue weighted by atomic mass is 35.5. The van der Waals surface area contributed by atoms with Crippen molar-refractivity contribution in [3.8, 4) is 0 Å². The van der Waals surface area contributed by atoms with E-state index in [0.29, 0.717) is 29.9 Å². The fourth-order valence-electron chi connectivity index (χ4n) is 1.81. The van der Waals surface area contributed by atoms with E-state index in [4.69, 9.17) is 21.1 Å². The summed E-state index contributed by atoms with van der Waals surface area (Å²) in [4.78, 5) is 22.4. The minimum Gasteiger partial charge on any atom is -0.466 e. The number of unbranched alkanes of at least 4 members (excludes halogenated alkanes) is 2. The van der Waals surface area contributed by atoms with Gasteiger partial charge in [0.05, 0.1) is 19.1 Å². The van der Waals surface area contributed by atoms with Crippen molar-refractivity contribution < 1.29 is 19.1 Å². The highest BCUT2D eigenvalue weighted by Gasteiger charge is 2.31. The van der Waals surface area contributed by atoms with E-state index in [1.165, 1.54) is 7.11 Å². The van der Waals surface area contributed by atoms with Crippen LogP contribution < -0.4 is 0 Å². The van der Waals surface area contributed by atoms with Gasteiger partial charge in [-0.15, -0.1) is 0 Å². The summed E-state index contributed by atoms with van der Waals surface area (Å²) in [6.45, 7) is 2.10. The van der Waals surface area contributed by atoms with Crippen LogP contribution in [0.1, 0.15) is 45.4 Å². The summed E-state index contributed by atoms with van der Waals surface area (Å²) in [5, 5.41) is 0.526. The first-order valence-electron chi connectivity index (χ1n) is 6.23. The number of hydrogen-bond donors (Lipinski definition) is 0. The number of cyclic esters (lactones) is 1. The molecule has 0 aromatic carbocycles. The van der Waals surface area contributed by atoms with Gasteiger partial charge in [-0.2, -0.15) is 0 Å². The standard InChI is InChI=1S/C13H19ClO4/c1-3-4-5-6-11(14)10(13(16)17-2)7-9-8-12(15)18-9/h9H,3-8H2,1-2H3/b11-10-/t9-/m1/s1. The van der Waals surface area contributed by atoms with Crippen LogP contribution in [0.4, 0.5) is 0 Å². The number of carbonyl (C=O) groups is 2. The van der Waals surface area contributed by atoms with E-state index in [9.17, 15) is 9.59 Å². The van der Waals surface area contributed by atoms with Crippen LogP contribution in [0, 0.1) is 0 Å². The molecule has 102 valence electrons. The van der Waals surface area contributed by atoms with Gasteiger partial charge in [0.1, 0.15) is 6.10 Å². The molecular formula is C13H19ClO4. The predicted octanol–water partition coefficient (Wildman–Crippen LogP) is 2.94. The smallest absolute Gasteiger partial charge is 0.335 e. The molecule has 1 fully saturated rings. The summed E-state index contributed by atoms with van der Waals surface area (Å²) in [5.74, 6) is -0.661. The number of halogens is 1. The SMILES string of the molecule is CCCCC/C(Cl)=C(\C[C@@H]1CC(=O)O1)C(=O)OC. The molecule has 0 aromatic heterocycles. The topological polar surface area (TPSA) is 52.6 Å². The van der Waals surface area contributed by atoms with Gasteiger partial charge in [-0.25, -0.2) is 4.79 Å². The van der Waals surface area contributed by atoms with Gasteiger partial charge in [0.25, 0.3) is 0 Å². The molecule has 0 unspecified atom stereocenters. The lowest BCUT2D eigenvalue weighted by Gasteiger charge is -2.26. The number of carbonyl (C=O) groups excluding carboxylic acids is 2. The Morgan fingerprint density at radius 3 is 2.67 bits per heavy atom. The third kappa shape index (κ3) is 4.33. The molecule has 0 radical (unpaired) electrons. The van der Waals surface area contributed by atoms with Gasteiger partial charge >= 0.3 is 11.9 Å². The minimum atomic E-state index is -0.431. The van der Waals surface area contributed by atoms with Crippen molar-refractivity contribution in [1.82, 2.24) is 0 Å². The zero-order chi connectivity index (χ0) is 13.5. The van der Waals surface area contributed by atoms with E-state index in [0.717, 1.165) is 19.3 Å². The summed E-state index contributed by atoms with van der Waals surface area (Å²) < 4.78 is 9.61. The van der Waals surface area contributed by atoms with Crippen LogP contribution in [0.3, 0.4) is 0 Å². The van der Waals surface area contributed by atoms with E-state index < -0.39 is 5.97 Å². The minimum absolute atomic E-state index is 0.230. The lowest BCUT2D eigenvalue weighted by molar-refractivity contribution is -0.169. The first kappa shape index (κ1) is 15.0. The fourth-order valence-corrected chi connectivity index (χ4v) is 2.10. The Morgan fingerprint density at radius 2 is 2.17 bits per heavy atom. The number of rotatable bonds is 7. The summed E-state index contributed by atoms with van der Waals surface area (Å²) >= 11 is 6.16. The van der Waals surface area contributed by atoms with E-state index in [1.54, 1.807) is 0 Å². The van der Waals surface area contributed by atoms with Crippen LogP contribution in [-0.4, -0.2) is 25.2 Å². The van der Waals surface area contributed by atoms with Gasteiger partial charge in [0.2, 0.25) is 0 Å². The molecule has 4 nitrogen and oxygen atoms in total. The molecule has 5 heteroatoms. The first-order valence-corrected chi connectivity index (χ1v) is 6.61. The van der Waals surface area contributed by atoms with Gasteiger partial charge < -0.3 is 9.47 Å². The predicted molar refractivity (Wildman–Crippen MR) is 68.2 cm³/mol. The zero-order valence-electron chi connectivity index (χ0n) is 10.8. The molecule has 1 aliphatic rings. The van der Waals surface area contributed by atoms with Gasteiger partial charge in [-0.05, 0) is 12.8 Å². The number of hydrogen-bond acceptors (Lipinski definition) is 4. The van der Waals surface area contributed by atoms with Crippen LogP contribution in [-0.2, 0) is 19.1 Å². The number of allylic oxidation sites excluding steroid dienone is 1. The molecule has 18 heavy (non-hydrogen) atoms. The van der Waals surface area contributed by atoms with Crippen molar-refractivity contribution in [2.75, 3.05) is 7.11 Å². The lowest BCUT2D eigenvalue weighted by atomic mass is 10.0. The Balaban J connectivity index is 2.60. The molecule has 0 aliphatic carbocycles. The number of esters is 2. The molecule has 0 amide bonds. The second kappa shape index (κ2) is 7.41. The maximum Gasteiger partial charge on any atom is 0.335 e. The molecule has 0 aromatic rings. The molecule has 0 bridgehead atoms. The maximum atomic E-state index is 11.6. The Kier molecular flexibility index (Phi) is 6.19. The van der Waals surface area contributed by atoms with E-state index in [2.05, 4.69) is 6.92 Å². The van der Waals surface area contributed by atoms with Crippen LogP contribution in [0.2, 0.25) is 0 Å². The van der Waals surface area contributed by atoms with Gasteiger partial charge in [0.15, 0.2) is 0 Å². The van der Waals surface area contributed by atoms with E-state index in [-0.39, 0.29) is 12.1 Å². The quantitative estimate of drug-likeness (QED) is 0.407. The van der Waals surface area contributed by atoms with Crippen molar-refractivity contribution in [2.45, 2.75) is 51.6 Å². The third-order valence-corrected chi connectivity index (χ3v) is 3.30. The fraction of sp³-hybridized carbons (Fsp3) is 0.692. The average Bonchev–Trinajstić information content (AvgIpc) is 2.32. The van der Waals surface area contributed by atoms with Gasteiger partial charge in [-0.1, -0.05) is 31.4 Å². The van der Waals surface area contributed by atoms with Crippen LogP contribution in [0.15, 0.2) is 10.6 Å². The second-order valence-corrected chi connectivity index (χ2v) is 4.81. The van der Waals surface area contributed by atoms with Crippen molar-refractivity contribution in [2.24, 2.45) is 0 Å². The van der Waals surface area contributed by atoms with Crippen molar-refractivity contribution in [3.05, 3.63) is 10.6 Å². The summed E-state index contributed by atoms with van der Waals surface area (Å²) in [7, 11) is 1.32. The Hall–Kier alpha value is -1.03. The number of ether oxygens (including phenoxy) is 2. The van der Waals surface area contributed by atoms with Gasteiger partial charge in [-0.3, -0.25) is 4.79 Å². The Morgan fingerprint density at radius 1 is 1.50 bits per heavy atom. The lowest BCUT2D eigenvalue weighted by Crippen LogP contribution is -2.34. The molecule has 1 atom stereocenters. The zero-order valence-corrected chi connectivity index (χ0v) is 11.6. The maximum absolute atomic E-state index is 11.6. The normalized spacial score (nSPS) is 19.7. The third-order valence-electron chi connectivity index (χ3n) is 2.88. The summed E-state index contributed by atoms with van der Waals surface area (Å²) in [5.41, 5.74) is 0.438.